The van der Waals surface area contributed by atoms with Crippen LogP contribution in [0.3, 0.4) is 0 Å². The molecule has 0 saturated heterocycles. The number of phenolic OH excluding ortho intramolecular Hbond substituents is 1. The van der Waals surface area contributed by atoms with E-state index in [4.69, 9.17) is 11.6 Å². The standard InChI is InChI=1S/C10H10ClNO3/c1-2-9(14)12-8-4-6(5-13)3-7(11)10(8)15/h3-5,15H,2H2,1H3,(H,12,14). The van der Waals surface area contributed by atoms with Crippen molar-refractivity contribution in [2.24, 2.45) is 0 Å². The van der Waals surface area contributed by atoms with Gasteiger partial charge in [-0.15, -0.1) is 0 Å². The third kappa shape index (κ3) is 2.70. The minimum absolute atomic E-state index is 0.0333. The van der Waals surface area contributed by atoms with E-state index in [1.807, 2.05) is 0 Å². The van der Waals surface area contributed by atoms with Crippen LogP contribution in [-0.2, 0) is 4.79 Å². The fourth-order valence-corrected chi connectivity index (χ4v) is 1.25. The third-order valence-electron chi connectivity index (χ3n) is 1.82. The van der Waals surface area contributed by atoms with Gasteiger partial charge in [0.15, 0.2) is 5.75 Å². The van der Waals surface area contributed by atoms with Crippen LogP contribution in [0.2, 0.25) is 5.02 Å². The predicted molar refractivity (Wildman–Crippen MR) is 57.4 cm³/mol. The van der Waals surface area contributed by atoms with Crippen molar-refractivity contribution in [2.45, 2.75) is 13.3 Å². The van der Waals surface area contributed by atoms with Crippen LogP contribution < -0.4 is 5.32 Å². The van der Waals surface area contributed by atoms with E-state index in [0.717, 1.165) is 0 Å². The molecule has 1 aromatic carbocycles. The predicted octanol–water partition coefficient (Wildman–Crippen LogP) is 2.21. The number of hydrogen-bond donors (Lipinski definition) is 2. The second-order valence-corrected chi connectivity index (χ2v) is 3.33. The molecule has 0 aliphatic heterocycles. The van der Waals surface area contributed by atoms with E-state index in [2.05, 4.69) is 5.32 Å². The lowest BCUT2D eigenvalue weighted by molar-refractivity contribution is -0.115. The molecule has 0 unspecified atom stereocenters. The maximum absolute atomic E-state index is 11.1. The van der Waals surface area contributed by atoms with E-state index in [9.17, 15) is 14.7 Å². The SMILES string of the molecule is CCC(=O)Nc1cc(C=O)cc(Cl)c1O. The Hall–Kier alpha value is -1.55. The summed E-state index contributed by atoms with van der Waals surface area (Å²) in [7, 11) is 0. The Labute approximate surface area is 91.9 Å². The Bertz CT molecular complexity index is 404. The number of nitrogens with one attached hydrogen (secondary N) is 1. The maximum atomic E-state index is 11.1. The highest BCUT2D eigenvalue weighted by atomic mass is 35.5. The molecule has 0 spiro atoms. The molecule has 0 fully saturated rings. The molecule has 0 aromatic heterocycles. The molecule has 0 atom stereocenters. The summed E-state index contributed by atoms with van der Waals surface area (Å²) in [4.78, 5) is 21.6. The molecule has 5 heteroatoms. The molecular weight excluding hydrogens is 218 g/mol. The molecule has 0 aliphatic carbocycles. The molecule has 1 rings (SSSR count). The van der Waals surface area contributed by atoms with Crippen molar-refractivity contribution in [1.82, 2.24) is 0 Å². The van der Waals surface area contributed by atoms with Crippen molar-refractivity contribution in [3.05, 3.63) is 22.7 Å². The van der Waals surface area contributed by atoms with E-state index < -0.39 is 0 Å². The normalized spacial score (nSPS) is 9.73. The molecule has 1 aromatic rings. The van der Waals surface area contributed by atoms with Crippen LogP contribution in [0, 0.1) is 0 Å². The van der Waals surface area contributed by atoms with E-state index in [0.29, 0.717) is 11.8 Å². The van der Waals surface area contributed by atoms with Gasteiger partial charge in [0.1, 0.15) is 6.29 Å². The Kier molecular flexibility index (Phi) is 3.68. The zero-order valence-electron chi connectivity index (χ0n) is 8.08. The van der Waals surface area contributed by atoms with Gasteiger partial charge in [-0.25, -0.2) is 0 Å². The van der Waals surface area contributed by atoms with E-state index in [1.165, 1.54) is 12.1 Å². The fourth-order valence-electron chi connectivity index (χ4n) is 1.02. The summed E-state index contributed by atoms with van der Waals surface area (Å²) in [6.45, 7) is 1.68. The molecule has 15 heavy (non-hydrogen) atoms. The van der Waals surface area contributed by atoms with Crippen molar-refractivity contribution in [2.75, 3.05) is 5.32 Å². The van der Waals surface area contributed by atoms with Gasteiger partial charge in [-0.1, -0.05) is 18.5 Å². The van der Waals surface area contributed by atoms with E-state index in [-0.39, 0.29) is 28.8 Å². The van der Waals surface area contributed by atoms with Gasteiger partial charge in [0.2, 0.25) is 5.91 Å². The summed E-state index contributed by atoms with van der Waals surface area (Å²) in [6.07, 6.45) is 0.870. The van der Waals surface area contributed by atoms with Gasteiger partial charge in [0, 0.05) is 12.0 Å². The van der Waals surface area contributed by atoms with Crippen molar-refractivity contribution in [3.63, 3.8) is 0 Å². The summed E-state index contributed by atoms with van der Waals surface area (Å²) >= 11 is 5.66. The highest BCUT2D eigenvalue weighted by Crippen LogP contribution is 2.32. The van der Waals surface area contributed by atoms with Crippen LogP contribution in [0.15, 0.2) is 12.1 Å². The number of aromatic hydroxyl groups is 1. The zero-order chi connectivity index (χ0) is 11.4. The zero-order valence-corrected chi connectivity index (χ0v) is 8.84. The molecule has 2 N–H and O–H groups in total. The number of amides is 1. The highest BCUT2D eigenvalue weighted by molar-refractivity contribution is 6.32. The number of rotatable bonds is 3. The lowest BCUT2D eigenvalue weighted by Crippen LogP contribution is -2.09. The largest absolute Gasteiger partial charge is 0.504 e. The third-order valence-corrected chi connectivity index (χ3v) is 2.11. The summed E-state index contributed by atoms with van der Waals surface area (Å²) < 4.78 is 0. The summed E-state index contributed by atoms with van der Waals surface area (Å²) in [5.74, 6) is -0.492. The summed E-state index contributed by atoms with van der Waals surface area (Å²) in [6, 6.07) is 2.69. The van der Waals surface area contributed by atoms with Crippen LogP contribution in [0.4, 0.5) is 5.69 Å². The fraction of sp³-hybridized carbons (Fsp3) is 0.200. The molecule has 0 heterocycles. The first kappa shape index (κ1) is 11.5. The minimum Gasteiger partial charge on any atom is -0.504 e. The second kappa shape index (κ2) is 4.79. The van der Waals surface area contributed by atoms with E-state index >= 15 is 0 Å². The van der Waals surface area contributed by atoms with Crippen molar-refractivity contribution < 1.29 is 14.7 Å². The Morgan fingerprint density at radius 1 is 1.60 bits per heavy atom. The Morgan fingerprint density at radius 3 is 2.80 bits per heavy atom. The lowest BCUT2D eigenvalue weighted by Gasteiger charge is -2.08. The maximum Gasteiger partial charge on any atom is 0.224 e. The van der Waals surface area contributed by atoms with Gasteiger partial charge in [0.05, 0.1) is 10.7 Å². The number of anilines is 1. The van der Waals surface area contributed by atoms with Gasteiger partial charge in [-0.3, -0.25) is 9.59 Å². The molecule has 0 bridgehead atoms. The number of aldehydes is 1. The first-order valence-corrected chi connectivity index (χ1v) is 4.73. The smallest absolute Gasteiger partial charge is 0.224 e. The Balaban J connectivity index is 3.10. The monoisotopic (exact) mass is 227 g/mol. The van der Waals surface area contributed by atoms with Gasteiger partial charge in [-0.2, -0.15) is 0 Å². The van der Waals surface area contributed by atoms with Crippen LogP contribution in [-0.4, -0.2) is 17.3 Å². The molecule has 0 aliphatic rings. The average Bonchev–Trinajstić information content (AvgIpc) is 2.24. The van der Waals surface area contributed by atoms with Crippen molar-refractivity contribution in [1.29, 1.82) is 0 Å². The van der Waals surface area contributed by atoms with Gasteiger partial charge < -0.3 is 10.4 Å². The number of benzene rings is 1. The minimum atomic E-state index is -0.260. The number of phenols is 1. The number of hydrogen-bond acceptors (Lipinski definition) is 3. The van der Waals surface area contributed by atoms with Crippen LogP contribution in [0.1, 0.15) is 23.7 Å². The number of halogens is 1. The average molecular weight is 228 g/mol. The van der Waals surface area contributed by atoms with Crippen LogP contribution >= 0.6 is 11.6 Å². The highest BCUT2D eigenvalue weighted by Gasteiger charge is 2.10. The first-order valence-electron chi connectivity index (χ1n) is 4.36. The van der Waals surface area contributed by atoms with Gasteiger partial charge in [0.25, 0.3) is 0 Å². The molecule has 0 radical (unpaired) electrons. The topological polar surface area (TPSA) is 66.4 Å². The molecule has 0 saturated carbocycles. The molecule has 80 valence electrons. The second-order valence-electron chi connectivity index (χ2n) is 2.92. The van der Waals surface area contributed by atoms with Crippen LogP contribution in [0.5, 0.6) is 5.75 Å². The number of carbonyl (C=O) groups is 2. The lowest BCUT2D eigenvalue weighted by atomic mass is 10.2. The van der Waals surface area contributed by atoms with E-state index in [1.54, 1.807) is 6.92 Å². The quantitative estimate of drug-likeness (QED) is 0.615. The van der Waals surface area contributed by atoms with Crippen molar-refractivity contribution >= 4 is 29.5 Å². The van der Waals surface area contributed by atoms with Gasteiger partial charge >= 0.3 is 0 Å². The first-order chi connectivity index (χ1) is 7.08. The molecule has 4 nitrogen and oxygen atoms in total. The Morgan fingerprint density at radius 2 is 2.27 bits per heavy atom. The van der Waals surface area contributed by atoms with Crippen molar-refractivity contribution in [3.8, 4) is 5.75 Å². The molecule has 1 amide bonds. The summed E-state index contributed by atoms with van der Waals surface area (Å²) in [5, 5.41) is 12.0. The summed E-state index contributed by atoms with van der Waals surface area (Å²) in [5.41, 5.74) is 0.445. The van der Waals surface area contributed by atoms with Crippen LogP contribution in [0.25, 0.3) is 0 Å². The number of carbonyl (C=O) groups excluding carboxylic acids is 2. The molecular formula is C10H10ClNO3. The van der Waals surface area contributed by atoms with Gasteiger partial charge in [-0.05, 0) is 12.1 Å².